The molecule has 0 bridgehead atoms. The number of benzene rings is 2. The van der Waals surface area contributed by atoms with Gasteiger partial charge in [-0.3, -0.25) is 0 Å². The summed E-state index contributed by atoms with van der Waals surface area (Å²) in [5, 5.41) is 20.4. The molecule has 2 rings (SSSR count). The number of hydrogen-bond acceptors (Lipinski definition) is 2. The number of aliphatic hydroxyl groups excluding tert-OH is 1. The molecule has 0 heterocycles. The van der Waals surface area contributed by atoms with Gasteiger partial charge in [0.05, 0.1) is 0 Å². The van der Waals surface area contributed by atoms with Crippen LogP contribution in [-0.2, 0) is 5.60 Å². The maximum atomic E-state index is 10.4. The van der Waals surface area contributed by atoms with Gasteiger partial charge >= 0.3 is 92.4 Å². The van der Waals surface area contributed by atoms with Crippen LogP contribution < -0.4 is 0 Å². The van der Waals surface area contributed by atoms with Gasteiger partial charge in [-0.25, -0.2) is 0 Å². The van der Waals surface area contributed by atoms with Crippen molar-refractivity contribution in [1.82, 2.24) is 0 Å². The van der Waals surface area contributed by atoms with Crippen molar-refractivity contribution < 1.29 is 10.2 Å². The van der Waals surface area contributed by atoms with E-state index in [9.17, 15) is 10.2 Å². The average molecular weight is 530 g/mol. The Morgan fingerprint density at radius 1 is 0.774 bits per heavy atom. The Morgan fingerprint density at radius 2 is 1.19 bits per heavy atom. The summed E-state index contributed by atoms with van der Waals surface area (Å²) >= 11 is -0.839. The van der Waals surface area contributed by atoms with Gasteiger partial charge in [0, 0.05) is 5.56 Å². The Kier molecular flexibility index (Phi) is 14.7. The molecule has 0 fully saturated rings. The van der Waals surface area contributed by atoms with Gasteiger partial charge in [-0.1, -0.05) is 60.7 Å². The first-order chi connectivity index (χ1) is 14.9. The molecule has 1 radical (unpaired) electrons. The minimum atomic E-state index is -1.19. The molecular weight excluding hydrogens is 487 g/mol. The summed E-state index contributed by atoms with van der Waals surface area (Å²) in [6.45, 7) is 8.66. The van der Waals surface area contributed by atoms with Gasteiger partial charge in [0.25, 0.3) is 0 Å². The molecular formula is C28H43O2Sn. The van der Waals surface area contributed by atoms with Crippen molar-refractivity contribution in [3.63, 3.8) is 0 Å². The van der Waals surface area contributed by atoms with Crippen molar-refractivity contribution in [1.29, 1.82) is 0 Å². The van der Waals surface area contributed by atoms with E-state index in [1.807, 2.05) is 48.5 Å². The standard InChI is InChI=1S/C16H16O2.3C4H9.Sn/c1-16(18,14-10-6-3-7-11-14)12-15(17)13-8-4-2-5-9-13;3*1-3-4-2;/h2-12,17-18H,1H3;3*1,3-4H2,2H3;/b15-12-;;;;. The summed E-state index contributed by atoms with van der Waals surface area (Å²) in [4.78, 5) is 0. The van der Waals surface area contributed by atoms with Crippen LogP contribution in [0.15, 0.2) is 66.7 Å². The molecule has 0 aliphatic heterocycles. The van der Waals surface area contributed by atoms with E-state index in [1.54, 1.807) is 32.4 Å². The molecule has 171 valence electrons. The molecule has 0 amide bonds. The fourth-order valence-electron chi connectivity index (χ4n) is 3.47. The molecule has 2 N–H and O–H groups in total. The van der Waals surface area contributed by atoms with Crippen molar-refractivity contribution in [2.45, 2.75) is 85.1 Å². The number of rotatable bonds is 12. The van der Waals surface area contributed by atoms with Gasteiger partial charge in [0.1, 0.15) is 11.4 Å². The second-order valence-electron chi connectivity index (χ2n) is 8.47. The van der Waals surface area contributed by atoms with E-state index in [1.165, 1.54) is 44.6 Å². The molecule has 0 spiro atoms. The molecule has 0 aliphatic rings. The quantitative estimate of drug-likeness (QED) is 0.214. The van der Waals surface area contributed by atoms with E-state index in [0.717, 1.165) is 5.56 Å². The molecule has 2 nitrogen and oxygen atoms in total. The van der Waals surface area contributed by atoms with E-state index in [4.69, 9.17) is 0 Å². The van der Waals surface area contributed by atoms with Crippen molar-refractivity contribution in [2.75, 3.05) is 0 Å². The first-order valence-electron chi connectivity index (χ1n) is 12.0. The van der Waals surface area contributed by atoms with Gasteiger partial charge in [-0.05, 0) is 18.6 Å². The van der Waals surface area contributed by atoms with Crippen LogP contribution in [0.1, 0.15) is 77.3 Å². The predicted molar refractivity (Wildman–Crippen MR) is 138 cm³/mol. The van der Waals surface area contributed by atoms with Crippen LogP contribution in [0.5, 0.6) is 0 Å². The summed E-state index contributed by atoms with van der Waals surface area (Å²) < 4.78 is 5.04. The van der Waals surface area contributed by atoms with Crippen molar-refractivity contribution in [2.24, 2.45) is 0 Å². The van der Waals surface area contributed by atoms with Gasteiger partial charge in [-0.15, -0.1) is 0 Å². The van der Waals surface area contributed by atoms with Crippen LogP contribution in [-0.4, -0.2) is 30.0 Å². The van der Waals surface area contributed by atoms with E-state index < -0.39 is 25.4 Å². The normalized spacial score (nSPS) is 13.4. The van der Waals surface area contributed by atoms with Crippen molar-refractivity contribution in [3.8, 4) is 0 Å². The second-order valence-corrected chi connectivity index (χ2v) is 17.0. The van der Waals surface area contributed by atoms with Gasteiger partial charge in [0.2, 0.25) is 0 Å². The predicted octanol–water partition coefficient (Wildman–Crippen LogP) is 8.37. The zero-order valence-corrected chi connectivity index (χ0v) is 23.0. The zero-order valence-electron chi connectivity index (χ0n) is 20.1. The Labute approximate surface area is 198 Å². The fraction of sp³-hybridized carbons (Fsp3) is 0.500. The minimum absolute atomic E-state index is 0.0736. The molecule has 1 atom stereocenters. The number of aliphatic hydroxyl groups is 2. The molecule has 3 heteroatoms. The topological polar surface area (TPSA) is 40.5 Å². The summed E-state index contributed by atoms with van der Waals surface area (Å²) in [5.41, 5.74) is 0.238. The molecule has 1 unspecified atom stereocenters. The van der Waals surface area contributed by atoms with Crippen molar-refractivity contribution >= 4 is 25.5 Å². The fourth-order valence-corrected chi connectivity index (χ4v) is 12.9. The summed E-state index contributed by atoms with van der Waals surface area (Å²) in [6.07, 6.45) is 10.3. The van der Waals surface area contributed by atoms with E-state index in [2.05, 4.69) is 20.8 Å². The van der Waals surface area contributed by atoms with Crippen LogP contribution in [0.25, 0.3) is 5.76 Å². The Morgan fingerprint density at radius 3 is 1.61 bits per heavy atom. The molecule has 2 aromatic rings. The van der Waals surface area contributed by atoms with Crippen LogP contribution in [0.3, 0.4) is 0 Å². The summed E-state index contributed by atoms with van der Waals surface area (Å²) in [6, 6.07) is 18.4. The third kappa shape index (κ3) is 11.8. The maximum absolute atomic E-state index is 10.4. The third-order valence-corrected chi connectivity index (χ3v) is 14.6. The average Bonchev–Trinajstić information content (AvgIpc) is 2.80. The van der Waals surface area contributed by atoms with E-state index >= 15 is 0 Å². The van der Waals surface area contributed by atoms with Gasteiger partial charge in [-0.2, -0.15) is 0 Å². The SMILES string of the molecule is CC(O)(/C=C(\O)c1ccccc1)c1ccccc1.CCC[CH2][Sn]([CH2]CCC)[CH2]CCC. The summed E-state index contributed by atoms with van der Waals surface area (Å²) in [7, 11) is 0. The zero-order chi connectivity index (χ0) is 23.0. The first kappa shape index (κ1) is 27.8. The van der Waals surface area contributed by atoms with Crippen molar-refractivity contribution in [3.05, 3.63) is 77.9 Å². The molecule has 0 aliphatic carbocycles. The van der Waals surface area contributed by atoms with Gasteiger partial charge in [0.15, 0.2) is 0 Å². The number of unbranched alkanes of at least 4 members (excludes halogenated alkanes) is 3. The van der Waals surface area contributed by atoms with Crippen LogP contribution in [0.2, 0.25) is 13.3 Å². The second kappa shape index (κ2) is 16.4. The number of hydrogen-bond donors (Lipinski definition) is 2. The Balaban J connectivity index is 0.000000330. The third-order valence-electron chi connectivity index (χ3n) is 5.50. The van der Waals surface area contributed by atoms with Crippen LogP contribution >= 0.6 is 0 Å². The molecule has 2 aromatic carbocycles. The monoisotopic (exact) mass is 531 g/mol. The molecule has 0 aromatic heterocycles. The van der Waals surface area contributed by atoms with E-state index in [0.29, 0.717) is 5.56 Å². The van der Waals surface area contributed by atoms with E-state index in [-0.39, 0.29) is 5.76 Å². The van der Waals surface area contributed by atoms with Crippen LogP contribution in [0.4, 0.5) is 0 Å². The van der Waals surface area contributed by atoms with Crippen LogP contribution in [0, 0.1) is 0 Å². The Hall–Kier alpha value is -1.26. The first-order valence-corrected chi connectivity index (χ1v) is 18.1. The Bertz CT molecular complexity index is 691. The molecule has 0 saturated carbocycles. The van der Waals surface area contributed by atoms with Gasteiger partial charge < -0.3 is 10.2 Å². The molecule has 0 saturated heterocycles. The molecule has 31 heavy (non-hydrogen) atoms. The summed E-state index contributed by atoms with van der Waals surface area (Å²) in [5.74, 6) is 0.0736.